The second-order valence-electron chi connectivity index (χ2n) is 2.16. The first kappa shape index (κ1) is 11.4. The van der Waals surface area contributed by atoms with Crippen molar-refractivity contribution in [2.24, 2.45) is 0 Å². The van der Waals surface area contributed by atoms with Crippen LogP contribution in [0.2, 0.25) is 0 Å². The highest BCUT2D eigenvalue weighted by atomic mass is 32.2. The Bertz CT molecular complexity index is 123. The minimum atomic E-state index is 0.170. The first-order chi connectivity index (χ1) is 5.16. The molecule has 3 N–H and O–H groups in total. The van der Waals surface area contributed by atoms with Crippen molar-refractivity contribution in [1.29, 1.82) is 5.41 Å². The lowest BCUT2D eigenvalue weighted by atomic mass is 10.6. The second kappa shape index (κ2) is 7.04. The van der Waals surface area contributed by atoms with Crippen LogP contribution >= 0.6 is 21.0 Å². The lowest BCUT2D eigenvalue weighted by Crippen LogP contribution is -2.26. The predicted octanol–water partition coefficient (Wildman–Crippen LogP) is 0.500. The summed E-state index contributed by atoms with van der Waals surface area (Å²) in [5.74, 6) is 0.726. The van der Waals surface area contributed by atoms with Crippen LogP contribution in [0.15, 0.2) is 0 Å². The van der Waals surface area contributed by atoms with Crippen LogP contribution in [0.5, 0.6) is 0 Å². The number of hydrogen-bond acceptors (Lipinski definition) is 4. The lowest BCUT2D eigenvalue weighted by Gasteiger charge is -2.11. The third-order valence-electron chi connectivity index (χ3n) is 1.03. The summed E-state index contributed by atoms with van der Waals surface area (Å²) in [6.45, 7) is 2.81. The molecule has 0 radical (unpaired) electrons. The minimum absolute atomic E-state index is 0.170. The van der Waals surface area contributed by atoms with Crippen molar-refractivity contribution < 1.29 is 5.11 Å². The van der Waals surface area contributed by atoms with E-state index in [1.165, 1.54) is 0 Å². The average Bonchev–Trinajstić information content (AvgIpc) is 1.97. The molecule has 2 atom stereocenters. The molecule has 0 rings (SSSR count). The van der Waals surface area contributed by atoms with Gasteiger partial charge < -0.3 is 15.8 Å². The quantitative estimate of drug-likeness (QED) is 0.328. The molecule has 0 aliphatic carbocycles. The molecule has 0 amide bonds. The van der Waals surface area contributed by atoms with Gasteiger partial charge in [0.2, 0.25) is 0 Å². The summed E-state index contributed by atoms with van der Waals surface area (Å²) in [5, 5.41) is 19.0. The highest BCUT2D eigenvalue weighted by Gasteiger charge is 2.00. The van der Waals surface area contributed by atoms with Crippen LogP contribution in [0, 0.1) is 5.41 Å². The molecule has 0 aromatic heterocycles. The van der Waals surface area contributed by atoms with Gasteiger partial charge in [-0.2, -0.15) is 0 Å². The molecule has 0 aromatic carbocycles. The number of thioether (sulfide) groups is 1. The van der Waals surface area contributed by atoms with Crippen molar-refractivity contribution in [3.63, 3.8) is 0 Å². The van der Waals surface area contributed by atoms with Crippen molar-refractivity contribution in [2.75, 3.05) is 18.9 Å². The highest BCUT2D eigenvalue weighted by Crippen LogP contribution is 2.08. The van der Waals surface area contributed by atoms with Crippen LogP contribution in [-0.2, 0) is 0 Å². The van der Waals surface area contributed by atoms with Crippen molar-refractivity contribution in [2.45, 2.75) is 12.3 Å². The molecule has 0 aliphatic rings. The third kappa shape index (κ3) is 8.27. The fraction of sp³-hybridized carbons (Fsp3) is 0.833. The van der Waals surface area contributed by atoms with Crippen LogP contribution in [0.4, 0.5) is 0 Å². The van der Waals surface area contributed by atoms with Crippen LogP contribution in [-0.4, -0.2) is 34.8 Å². The predicted molar refractivity (Wildman–Crippen MR) is 54.4 cm³/mol. The van der Waals surface area contributed by atoms with E-state index in [-0.39, 0.29) is 6.61 Å². The summed E-state index contributed by atoms with van der Waals surface area (Å²) in [6.07, 6.45) is 0. The summed E-state index contributed by atoms with van der Waals surface area (Å²) in [6, 6.07) is 0. The maximum atomic E-state index is 8.47. The Kier molecular flexibility index (Phi) is 7.28. The van der Waals surface area contributed by atoms with E-state index in [2.05, 4.69) is 14.6 Å². The van der Waals surface area contributed by atoms with Gasteiger partial charge in [-0.05, 0) is 6.92 Å². The Morgan fingerprint density at radius 3 is 2.91 bits per heavy atom. The van der Waals surface area contributed by atoms with Crippen LogP contribution in [0.3, 0.4) is 0 Å². The molecular weight excluding hydrogens is 179 g/mol. The second-order valence-corrected chi connectivity index (χ2v) is 4.18. The molecule has 0 aliphatic heterocycles. The average molecular weight is 194 g/mol. The van der Waals surface area contributed by atoms with Gasteiger partial charge in [0.25, 0.3) is 0 Å². The minimum Gasteiger partial charge on any atom is -0.395 e. The molecule has 0 fully saturated rings. The summed E-state index contributed by atoms with van der Waals surface area (Å²) in [4.78, 5) is 0. The summed E-state index contributed by atoms with van der Waals surface area (Å²) >= 11 is 1.66. The first-order valence-electron chi connectivity index (χ1n) is 3.45. The SMILES string of the molecule is CC(NCCO)SCC(=N)P. The van der Waals surface area contributed by atoms with Gasteiger partial charge in [-0.3, -0.25) is 0 Å². The number of rotatable bonds is 6. The molecule has 0 aromatic rings. The molecule has 0 spiro atoms. The van der Waals surface area contributed by atoms with Gasteiger partial charge in [0.15, 0.2) is 0 Å². The standard InChI is InChI=1S/C6H15N2OPS/c1-5(8-2-3-9)11-4-6(7)10/h5,7-9H,2-4,10H2,1H3. The van der Waals surface area contributed by atoms with E-state index >= 15 is 0 Å². The van der Waals surface area contributed by atoms with Gasteiger partial charge in [0.05, 0.1) is 12.0 Å². The molecule has 0 saturated carbocycles. The Hall–Kier alpha value is 0.370. The summed E-state index contributed by atoms with van der Waals surface area (Å²) in [7, 11) is 2.36. The smallest absolute Gasteiger partial charge is 0.0556 e. The zero-order chi connectivity index (χ0) is 8.69. The largest absolute Gasteiger partial charge is 0.395 e. The van der Waals surface area contributed by atoms with Crippen LogP contribution in [0.1, 0.15) is 6.92 Å². The van der Waals surface area contributed by atoms with Crippen molar-refractivity contribution in [3.8, 4) is 0 Å². The molecule has 0 bridgehead atoms. The van der Waals surface area contributed by atoms with E-state index in [0.29, 0.717) is 17.4 Å². The molecule has 0 heterocycles. The normalized spacial score (nSPS) is 13.0. The molecule has 3 nitrogen and oxygen atoms in total. The van der Waals surface area contributed by atoms with E-state index < -0.39 is 0 Å². The van der Waals surface area contributed by atoms with E-state index in [1.54, 1.807) is 11.8 Å². The van der Waals surface area contributed by atoms with Gasteiger partial charge >= 0.3 is 0 Å². The van der Waals surface area contributed by atoms with E-state index in [1.807, 2.05) is 6.92 Å². The molecule has 5 heteroatoms. The van der Waals surface area contributed by atoms with E-state index in [9.17, 15) is 0 Å². The summed E-state index contributed by atoms with van der Waals surface area (Å²) in [5.41, 5.74) is 0.604. The first-order valence-corrected chi connectivity index (χ1v) is 5.08. The van der Waals surface area contributed by atoms with Gasteiger partial charge in [-0.15, -0.1) is 11.8 Å². The van der Waals surface area contributed by atoms with Crippen molar-refractivity contribution in [3.05, 3.63) is 0 Å². The van der Waals surface area contributed by atoms with E-state index in [0.717, 1.165) is 5.75 Å². The number of nitrogens with one attached hydrogen (secondary N) is 2. The van der Waals surface area contributed by atoms with E-state index in [4.69, 9.17) is 10.5 Å². The molecular formula is C6H15N2OPS. The van der Waals surface area contributed by atoms with Gasteiger partial charge in [0, 0.05) is 17.8 Å². The lowest BCUT2D eigenvalue weighted by molar-refractivity contribution is 0.292. The molecule has 66 valence electrons. The van der Waals surface area contributed by atoms with Gasteiger partial charge in [-0.25, -0.2) is 0 Å². The molecule has 11 heavy (non-hydrogen) atoms. The topological polar surface area (TPSA) is 56.1 Å². The summed E-state index contributed by atoms with van der Waals surface area (Å²) < 4.78 is 0. The Morgan fingerprint density at radius 2 is 2.45 bits per heavy atom. The zero-order valence-corrected chi connectivity index (χ0v) is 8.60. The molecule has 2 unspecified atom stereocenters. The van der Waals surface area contributed by atoms with Crippen molar-refractivity contribution in [1.82, 2.24) is 5.32 Å². The third-order valence-corrected chi connectivity index (χ3v) is 2.68. The number of hydrogen-bond donors (Lipinski definition) is 3. The monoisotopic (exact) mass is 194 g/mol. The fourth-order valence-corrected chi connectivity index (χ4v) is 1.50. The fourth-order valence-electron chi connectivity index (χ4n) is 0.542. The van der Waals surface area contributed by atoms with Gasteiger partial charge in [-0.1, -0.05) is 9.24 Å². The van der Waals surface area contributed by atoms with Crippen LogP contribution in [0.25, 0.3) is 0 Å². The number of aliphatic hydroxyl groups excluding tert-OH is 1. The number of aliphatic hydroxyl groups is 1. The van der Waals surface area contributed by atoms with Gasteiger partial charge in [0.1, 0.15) is 0 Å². The molecule has 0 saturated heterocycles. The maximum absolute atomic E-state index is 8.47. The maximum Gasteiger partial charge on any atom is 0.0556 e. The highest BCUT2D eigenvalue weighted by molar-refractivity contribution is 8.01. The Balaban J connectivity index is 3.22. The Morgan fingerprint density at radius 1 is 1.82 bits per heavy atom. The zero-order valence-electron chi connectivity index (χ0n) is 6.63. The van der Waals surface area contributed by atoms with Crippen LogP contribution < -0.4 is 5.32 Å². The van der Waals surface area contributed by atoms with Crippen molar-refractivity contribution >= 4 is 26.5 Å². The Labute approximate surface area is 74.0 Å².